The molecule has 0 atom stereocenters. The Balaban J connectivity index is 2.19. The van der Waals surface area contributed by atoms with Crippen molar-refractivity contribution in [2.24, 2.45) is 0 Å². The molecule has 78 valence electrons. The van der Waals surface area contributed by atoms with E-state index < -0.39 is 0 Å². The Bertz CT molecular complexity index is 484. The maximum Gasteiger partial charge on any atom is 0.124 e. The van der Waals surface area contributed by atoms with Gasteiger partial charge >= 0.3 is 0 Å². The highest BCUT2D eigenvalue weighted by Crippen LogP contribution is 2.38. The molecule has 2 aromatic heterocycles. The number of rotatable bonds is 3. The molecule has 4 nitrogen and oxygen atoms in total. The normalized spacial score (nSPS) is 16.1. The van der Waals surface area contributed by atoms with Gasteiger partial charge in [0.15, 0.2) is 0 Å². The van der Waals surface area contributed by atoms with Gasteiger partial charge in [-0.05, 0) is 26.0 Å². The quantitative estimate of drug-likeness (QED) is 0.820. The van der Waals surface area contributed by atoms with Crippen LogP contribution >= 0.6 is 0 Å². The first-order valence-electron chi connectivity index (χ1n) is 5.35. The summed E-state index contributed by atoms with van der Waals surface area (Å²) in [6.07, 6.45) is 6.24. The van der Waals surface area contributed by atoms with Crippen LogP contribution < -0.4 is 5.32 Å². The van der Waals surface area contributed by atoms with E-state index in [0.29, 0.717) is 6.04 Å². The first kappa shape index (κ1) is 8.85. The summed E-state index contributed by atoms with van der Waals surface area (Å²) in [6.45, 7) is 0.825. The average molecular weight is 202 g/mol. The van der Waals surface area contributed by atoms with Crippen LogP contribution in [0.3, 0.4) is 0 Å². The Morgan fingerprint density at radius 2 is 2.40 bits per heavy atom. The van der Waals surface area contributed by atoms with Crippen LogP contribution in [-0.4, -0.2) is 21.6 Å². The zero-order chi connectivity index (χ0) is 10.3. The lowest BCUT2D eigenvalue weighted by atomic mass is 10.4. The molecule has 0 spiro atoms. The summed E-state index contributed by atoms with van der Waals surface area (Å²) in [6, 6.07) is 2.72. The molecule has 0 aliphatic heterocycles. The van der Waals surface area contributed by atoms with E-state index in [-0.39, 0.29) is 0 Å². The lowest BCUT2D eigenvalue weighted by Gasteiger charge is -2.06. The van der Waals surface area contributed by atoms with Crippen LogP contribution in [0, 0.1) is 0 Å². The first-order chi connectivity index (χ1) is 7.40. The number of aromatic nitrogens is 3. The minimum absolute atomic E-state index is 0.667. The third-order valence-corrected chi connectivity index (χ3v) is 2.81. The topological polar surface area (TPSA) is 42.7 Å². The molecule has 0 bridgehead atoms. The second-order valence-corrected chi connectivity index (χ2v) is 4.02. The van der Waals surface area contributed by atoms with Crippen molar-refractivity contribution in [1.29, 1.82) is 0 Å². The standard InChI is InChI=1S/C11H14N4/c1-12-7-11-14-9-6-13-5-4-10(9)15(11)8-2-3-8/h4-6,8,12H,2-3,7H2,1H3. The fourth-order valence-corrected chi connectivity index (χ4v) is 2.02. The van der Waals surface area contributed by atoms with Crippen molar-refractivity contribution in [2.45, 2.75) is 25.4 Å². The molecular weight excluding hydrogens is 188 g/mol. The summed E-state index contributed by atoms with van der Waals surface area (Å²) in [7, 11) is 1.95. The Hall–Kier alpha value is -1.42. The summed E-state index contributed by atoms with van der Waals surface area (Å²) >= 11 is 0. The highest BCUT2D eigenvalue weighted by Gasteiger charge is 2.27. The van der Waals surface area contributed by atoms with Crippen LogP contribution in [0.4, 0.5) is 0 Å². The molecule has 0 saturated heterocycles. The van der Waals surface area contributed by atoms with Gasteiger partial charge in [0.05, 0.1) is 18.3 Å². The zero-order valence-electron chi connectivity index (χ0n) is 8.77. The van der Waals surface area contributed by atoms with Gasteiger partial charge in [-0.2, -0.15) is 0 Å². The monoisotopic (exact) mass is 202 g/mol. The third-order valence-electron chi connectivity index (χ3n) is 2.81. The van der Waals surface area contributed by atoms with Gasteiger partial charge in [-0.3, -0.25) is 4.98 Å². The molecule has 4 heteroatoms. The van der Waals surface area contributed by atoms with Gasteiger partial charge in [-0.15, -0.1) is 0 Å². The molecular formula is C11H14N4. The molecule has 1 N–H and O–H groups in total. The lowest BCUT2D eigenvalue weighted by molar-refractivity contribution is 0.659. The Morgan fingerprint density at radius 1 is 1.53 bits per heavy atom. The van der Waals surface area contributed by atoms with Gasteiger partial charge in [0.2, 0.25) is 0 Å². The van der Waals surface area contributed by atoms with Crippen molar-refractivity contribution in [3.8, 4) is 0 Å². The molecule has 1 saturated carbocycles. The SMILES string of the molecule is CNCc1nc2cnccc2n1C1CC1. The van der Waals surface area contributed by atoms with Crippen molar-refractivity contribution >= 4 is 11.0 Å². The largest absolute Gasteiger partial charge is 0.324 e. The molecule has 0 unspecified atom stereocenters. The van der Waals surface area contributed by atoms with Crippen molar-refractivity contribution in [3.63, 3.8) is 0 Å². The number of imidazole rings is 1. The summed E-state index contributed by atoms with van der Waals surface area (Å²) in [5.41, 5.74) is 2.23. The summed E-state index contributed by atoms with van der Waals surface area (Å²) in [5, 5.41) is 3.16. The second kappa shape index (κ2) is 3.31. The minimum atomic E-state index is 0.667. The van der Waals surface area contributed by atoms with Crippen molar-refractivity contribution < 1.29 is 0 Å². The van der Waals surface area contributed by atoms with Crippen LogP contribution in [0.5, 0.6) is 0 Å². The molecule has 2 heterocycles. The van der Waals surface area contributed by atoms with Crippen LogP contribution in [-0.2, 0) is 6.54 Å². The van der Waals surface area contributed by atoms with Crippen LogP contribution in [0.2, 0.25) is 0 Å². The van der Waals surface area contributed by atoms with Crippen LogP contribution in [0.15, 0.2) is 18.5 Å². The molecule has 0 radical (unpaired) electrons. The minimum Gasteiger partial charge on any atom is -0.324 e. The number of pyridine rings is 1. The summed E-state index contributed by atoms with van der Waals surface area (Å²) in [4.78, 5) is 8.71. The molecule has 0 aromatic carbocycles. The molecule has 0 amide bonds. The number of nitrogens with zero attached hydrogens (tertiary/aromatic N) is 3. The van der Waals surface area contributed by atoms with Gasteiger partial charge in [0, 0.05) is 12.2 Å². The highest BCUT2D eigenvalue weighted by molar-refractivity contribution is 5.75. The van der Waals surface area contributed by atoms with Crippen molar-refractivity contribution in [2.75, 3.05) is 7.05 Å². The van der Waals surface area contributed by atoms with E-state index in [9.17, 15) is 0 Å². The van der Waals surface area contributed by atoms with Gasteiger partial charge in [-0.1, -0.05) is 0 Å². The number of hydrogen-bond acceptors (Lipinski definition) is 3. The maximum atomic E-state index is 4.60. The third kappa shape index (κ3) is 1.41. The van der Waals surface area contributed by atoms with E-state index in [4.69, 9.17) is 0 Å². The Labute approximate surface area is 88.3 Å². The Morgan fingerprint density at radius 3 is 3.13 bits per heavy atom. The van der Waals surface area contributed by atoms with Crippen LogP contribution in [0.25, 0.3) is 11.0 Å². The summed E-state index contributed by atoms with van der Waals surface area (Å²) < 4.78 is 2.35. The number of fused-ring (bicyclic) bond motifs is 1. The molecule has 3 rings (SSSR count). The molecule has 1 aliphatic carbocycles. The lowest BCUT2D eigenvalue weighted by Crippen LogP contribution is -2.11. The van der Waals surface area contributed by atoms with Crippen molar-refractivity contribution in [3.05, 3.63) is 24.3 Å². The van der Waals surface area contributed by atoms with E-state index in [2.05, 4.69) is 25.9 Å². The average Bonchev–Trinajstić information content (AvgIpc) is 3.01. The fraction of sp³-hybridized carbons (Fsp3) is 0.455. The number of hydrogen-bond donors (Lipinski definition) is 1. The van der Waals surface area contributed by atoms with E-state index >= 15 is 0 Å². The molecule has 2 aromatic rings. The molecule has 1 fully saturated rings. The second-order valence-electron chi connectivity index (χ2n) is 4.02. The predicted octanol–water partition coefficient (Wildman–Crippen LogP) is 1.49. The smallest absolute Gasteiger partial charge is 0.124 e. The number of nitrogens with one attached hydrogen (secondary N) is 1. The fourth-order valence-electron chi connectivity index (χ4n) is 2.02. The highest BCUT2D eigenvalue weighted by atomic mass is 15.1. The van der Waals surface area contributed by atoms with E-state index in [0.717, 1.165) is 17.9 Å². The molecule has 1 aliphatic rings. The van der Waals surface area contributed by atoms with Gasteiger partial charge < -0.3 is 9.88 Å². The van der Waals surface area contributed by atoms with Crippen molar-refractivity contribution in [1.82, 2.24) is 19.9 Å². The van der Waals surface area contributed by atoms with Gasteiger partial charge in [-0.25, -0.2) is 4.98 Å². The molecule has 15 heavy (non-hydrogen) atoms. The first-order valence-corrected chi connectivity index (χ1v) is 5.35. The van der Waals surface area contributed by atoms with E-state index in [1.54, 1.807) is 0 Å². The van der Waals surface area contributed by atoms with E-state index in [1.807, 2.05) is 19.4 Å². The summed E-state index contributed by atoms with van der Waals surface area (Å²) in [5.74, 6) is 1.13. The van der Waals surface area contributed by atoms with Gasteiger partial charge in [0.25, 0.3) is 0 Å². The van der Waals surface area contributed by atoms with E-state index in [1.165, 1.54) is 18.4 Å². The zero-order valence-corrected chi connectivity index (χ0v) is 8.77. The maximum absolute atomic E-state index is 4.60. The van der Waals surface area contributed by atoms with Crippen LogP contribution in [0.1, 0.15) is 24.7 Å². The van der Waals surface area contributed by atoms with Gasteiger partial charge in [0.1, 0.15) is 11.3 Å². The predicted molar refractivity (Wildman–Crippen MR) is 58.6 cm³/mol. The Kier molecular flexibility index (Phi) is 1.95.